The van der Waals surface area contributed by atoms with E-state index in [0.29, 0.717) is 25.4 Å². The van der Waals surface area contributed by atoms with Crippen LogP contribution in [0.2, 0.25) is 0 Å². The molecule has 6 heteroatoms. The van der Waals surface area contributed by atoms with Crippen LogP contribution in [0.1, 0.15) is 6.42 Å². The molecule has 1 unspecified atom stereocenters. The third kappa shape index (κ3) is 3.03. The van der Waals surface area contributed by atoms with Crippen LogP contribution in [0.25, 0.3) is 0 Å². The van der Waals surface area contributed by atoms with Gasteiger partial charge in [0, 0.05) is 19.2 Å². The molecule has 6 nitrogen and oxygen atoms in total. The second-order valence-electron chi connectivity index (χ2n) is 3.33. The molecular formula is C9H13N3O3. The molecule has 82 valence electrons. The molecule has 2 N–H and O–H groups in total. The smallest absolute Gasteiger partial charge is 0.228 e. The summed E-state index contributed by atoms with van der Waals surface area (Å²) in [6.45, 7) is 2.22. The fourth-order valence-corrected chi connectivity index (χ4v) is 1.43. The number of aromatic nitrogens is 1. The lowest BCUT2D eigenvalue weighted by molar-refractivity contribution is -0.119. The van der Waals surface area contributed by atoms with Gasteiger partial charge in [-0.3, -0.25) is 4.79 Å². The van der Waals surface area contributed by atoms with Crippen LogP contribution in [0.4, 0.5) is 5.82 Å². The lowest BCUT2D eigenvalue weighted by Gasteiger charge is -2.22. The third-order valence-electron chi connectivity index (χ3n) is 2.12. The van der Waals surface area contributed by atoms with Crippen LogP contribution in [0.5, 0.6) is 0 Å². The number of carbonyl (C=O) groups excluding carboxylic acids is 1. The summed E-state index contributed by atoms with van der Waals surface area (Å²) in [6, 6.07) is 1.60. The van der Waals surface area contributed by atoms with Crippen molar-refractivity contribution < 1.29 is 14.1 Å². The molecule has 1 aromatic heterocycles. The van der Waals surface area contributed by atoms with E-state index in [-0.39, 0.29) is 12.0 Å². The average molecular weight is 211 g/mol. The fourth-order valence-electron chi connectivity index (χ4n) is 1.43. The zero-order valence-corrected chi connectivity index (χ0v) is 8.23. The molecule has 2 rings (SSSR count). The topological polar surface area (TPSA) is 76.4 Å². The number of morpholine rings is 1. The van der Waals surface area contributed by atoms with Crippen LogP contribution >= 0.6 is 0 Å². The minimum absolute atomic E-state index is 0.0503. The van der Waals surface area contributed by atoms with Crippen molar-refractivity contribution >= 4 is 11.7 Å². The minimum Gasteiger partial charge on any atom is -0.375 e. The van der Waals surface area contributed by atoms with Crippen molar-refractivity contribution in [1.82, 2.24) is 10.5 Å². The Labute approximate surface area is 87.0 Å². The summed E-state index contributed by atoms with van der Waals surface area (Å²) >= 11 is 0. The van der Waals surface area contributed by atoms with Crippen LogP contribution in [-0.4, -0.2) is 36.9 Å². The lowest BCUT2D eigenvalue weighted by atomic mass is 10.2. The van der Waals surface area contributed by atoms with E-state index in [2.05, 4.69) is 20.3 Å². The molecule has 0 saturated carbocycles. The number of hydrogen-bond acceptors (Lipinski definition) is 5. The molecule has 1 aliphatic heterocycles. The predicted octanol–water partition coefficient (Wildman–Crippen LogP) is -0.00840. The molecule has 1 aromatic rings. The van der Waals surface area contributed by atoms with Crippen LogP contribution in [0.3, 0.4) is 0 Å². The van der Waals surface area contributed by atoms with Crippen LogP contribution in [0, 0.1) is 0 Å². The van der Waals surface area contributed by atoms with E-state index in [1.807, 2.05) is 0 Å². The largest absolute Gasteiger partial charge is 0.375 e. The normalized spacial score (nSPS) is 21.2. The molecule has 0 radical (unpaired) electrons. The highest BCUT2D eigenvalue weighted by Gasteiger charge is 2.17. The van der Waals surface area contributed by atoms with Gasteiger partial charge in [0.05, 0.1) is 19.1 Å². The molecule has 1 atom stereocenters. The maximum atomic E-state index is 11.5. The summed E-state index contributed by atoms with van der Waals surface area (Å²) < 4.78 is 10.00. The average Bonchev–Trinajstić information content (AvgIpc) is 2.71. The quantitative estimate of drug-likeness (QED) is 0.735. The number of nitrogens with one attached hydrogen (secondary N) is 2. The van der Waals surface area contributed by atoms with Gasteiger partial charge in [0.2, 0.25) is 5.91 Å². The number of anilines is 1. The molecule has 0 bridgehead atoms. The van der Waals surface area contributed by atoms with Crippen LogP contribution in [-0.2, 0) is 9.53 Å². The number of ether oxygens (including phenoxy) is 1. The fraction of sp³-hybridized carbons (Fsp3) is 0.556. The van der Waals surface area contributed by atoms with Gasteiger partial charge in [0.25, 0.3) is 0 Å². The molecule has 0 aromatic carbocycles. The van der Waals surface area contributed by atoms with E-state index in [9.17, 15) is 4.79 Å². The Morgan fingerprint density at radius 3 is 3.33 bits per heavy atom. The number of rotatable bonds is 3. The van der Waals surface area contributed by atoms with Crippen molar-refractivity contribution in [2.45, 2.75) is 12.5 Å². The van der Waals surface area contributed by atoms with Gasteiger partial charge < -0.3 is 19.9 Å². The Morgan fingerprint density at radius 2 is 2.67 bits per heavy atom. The summed E-state index contributed by atoms with van der Waals surface area (Å²) in [5.74, 6) is 0.321. The number of carbonyl (C=O) groups is 1. The van der Waals surface area contributed by atoms with E-state index in [0.717, 1.165) is 6.54 Å². The predicted molar refractivity (Wildman–Crippen MR) is 52.4 cm³/mol. The summed E-state index contributed by atoms with van der Waals surface area (Å²) in [5, 5.41) is 9.36. The Balaban J connectivity index is 1.76. The van der Waals surface area contributed by atoms with Gasteiger partial charge in [-0.25, -0.2) is 0 Å². The Kier molecular flexibility index (Phi) is 3.31. The Morgan fingerprint density at radius 1 is 1.73 bits per heavy atom. The molecule has 2 heterocycles. The van der Waals surface area contributed by atoms with E-state index >= 15 is 0 Å². The van der Waals surface area contributed by atoms with E-state index < -0.39 is 0 Å². The van der Waals surface area contributed by atoms with Crippen LogP contribution in [0.15, 0.2) is 16.9 Å². The van der Waals surface area contributed by atoms with Gasteiger partial charge in [0.15, 0.2) is 5.82 Å². The second kappa shape index (κ2) is 4.90. The van der Waals surface area contributed by atoms with Crippen molar-refractivity contribution in [1.29, 1.82) is 0 Å². The summed E-state index contributed by atoms with van der Waals surface area (Å²) in [4.78, 5) is 11.5. The van der Waals surface area contributed by atoms with Gasteiger partial charge in [-0.1, -0.05) is 5.16 Å². The van der Waals surface area contributed by atoms with Gasteiger partial charge in [0.1, 0.15) is 6.26 Å². The molecule has 1 fully saturated rings. The van der Waals surface area contributed by atoms with Gasteiger partial charge in [-0.05, 0) is 0 Å². The maximum absolute atomic E-state index is 11.5. The van der Waals surface area contributed by atoms with Crippen molar-refractivity contribution in [2.24, 2.45) is 0 Å². The third-order valence-corrected chi connectivity index (χ3v) is 2.12. The van der Waals surface area contributed by atoms with Crippen molar-refractivity contribution in [3.63, 3.8) is 0 Å². The lowest BCUT2D eigenvalue weighted by Crippen LogP contribution is -2.40. The van der Waals surface area contributed by atoms with E-state index in [1.54, 1.807) is 6.07 Å². The first kappa shape index (κ1) is 10.1. The van der Waals surface area contributed by atoms with E-state index in [4.69, 9.17) is 4.74 Å². The zero-order valence-electron chi connectivity index (χ0n) is 8.23. The first-order chi connectivity index (χ1) is 7.34. The molecule has 15 heavy (non-hydrogen) atoms. The minimum atomic E-state index is -0.113. The maximum Gasteiger partial charge on any atom is 0.228 e. The standard InChI is InChI=1S/C9H13N3O3/c13-9(11-8-1-3-15-12-8)5-7-6-10-2-4-14-7/h1,3,7,10H,2,4-6H2,(H,11,12,13). The summed E-state index contributed by atoms with van der Waals surface area (Å²) in [6.07, 6.45) is 1.69. The highest BCUT2D eigenvalue weighted by atomic mass is 16.5. The zero-order chi connectivity index (χ0) is 10.5. The van der Waals surface area contributed by atoms with Crippen molar-refractivity contribution in [3.8, 4) is 0 Å². The molecule has 0 spiro atoms. The SMILES string of the molecule is O=C(CC1CNCCO1)Nc1ccon1. The highest BCUT2D eigenvalue weighted by molar-refractivity contribution is 5.89. The summed E-state index contributed by atoms with van der Waals surface area (Å²) in [5.41, 5.74) is 0. The monoisotopic (exact) mass is 211 g/mol. The molecular weight excluding hydrogens is 198 g/mol. The van der Waals surface area contributed by atoms with Crippen molar-refractivity contribution in [2.75, 3.05) is 25.0 Å². The molecule has 0 aliphatic carbocycles. The van der Waals surface area contributed by atoms with Gasteiger partial charge in [-0.2, -0.15) is 0 Å². The highest BCUT2D eigenvalue weighted by Crippen LogP contribution is 2.05. The Hall–Kier alpha value is -1.40. The second-order valence-corrected chi connectivity index (χ2v) is 3.33. The van der Waals surface area contributed by atoms with E-state index in [1.165, 1.54) is 6.26 Å². The number of amides is 1. The number of nitrogens with zero attached hydrogens (tertiary/aromatic N) is 1. The van der Waals surface area contributed by atoms with Crippen molar-refractivity contribution in [3.05, 3.63) is 12.3 Å². The molecule has 1 aliphatic rings. The van der Waals surface area contributed by atoms with Gasteiger partial charge in [-0.15, -0.1) is 0 Å². The van der Waals surface area contributed by atoms with Crippen LogP contribution < -0.4 is 10.6 Å². The first-order valence-corrected chi connectivity index (χ1v) is 4.87. The van der Waals surface area contributed by atoms with Gasteiger partial charge >= 0.3 is 0 Å². The Bertz CT molecular complexity index is 306. The first-order valence-electron chi connectivity index (χ1n) is 4.87. The molecule has 1 amide bonds. The summed E-state index contributed by atoms with van der Waals surface area (Å²) in [7, 11) is 0. The molecule has 1 saturated heterocycles. The number of hydrogen-bond donors (Lipinski definition) is 2.